The minimum atomic E-state index is -4.17. The van der Waals surface area contributed by atoms with Crippen molar-refractivity contribution in [2.24, 2.45) is 4.99 Å². The zero-order chi connectivity index (χ0) is 17.6. The molecule has 0 aromatic heterocycles. The van der Waals surface area contributed by atoms with Crippen molar-refractivity contribution in [2.45, 2.75) is 51.4 Å². The third-order valence-corrected chi connectivity index (χ3v) is 4.69. The van der Waals surface area contributed by atoms with Crippen LogP contribution in [0.2, 0.25) is 0 Å². The summed E-state index contributed by atoms with van der Waals surface area (Å²) in [6.45, 7) is 7.27. The fourth-order valence-corrected chi connectivity index (χ4v) is 3.09. The van der Waals surface area contributed by atoms with Crippen LogP contribution in [0.4, 0.5) is 13.2 Å². The molecule has 2 rings (SSSR count). The van der Waals surface area contributed by atoms with Gasteiger partial charge in [-0.1, -0.05) is 0 Å². The lowest BCUT2D eigenvalue weighted by molar-refractivity contribution is -0.181. The second kappa shape index (κ2) is 8.89. The minimum Gasteiger partial charge on any atom is -0.376 e. The van der Waals surface area contributed by atoms with E-state index in [2.05, 4.69) is 10.3 Å². The van der Waals surface area contributed by atoms with Gasteiger partial charge in [0.25, 0.3) is 0 Å². The molecule has 140 valence electrons. The summed E-state index contributed by atoms with van der Waals surface area (Å²) in [5, 5.41) is 3.25. The number of halogens is 3. The second-order valence-electron chi connectivity index (χ2n) is 6.42. The van der Waals surface area contributed by atoms with E-state index in [1.54, 1.807) is 0 Å². The van der Waals surface area contributed by atoms with Gasteiger partial charge in [0.1, 0.15) is 6.04 Å². The molecule has 2 aliphatic heterocycles. The number of hydrogen-bond donors (Lipinski definition) is 1. The zero-order valence-corrected chi connectivity index (χ0v) is 14.6. The number of piperazine rings is 1. The standard InChI is InChI=1S/C16H29F3N4O/c1-3-20-15(21-12-14-6-4-5-11-24-14)23-9-7-22(8-10-23)13(2)16(17,18)19/h13-14H,3-12H2,1-2H3,(H,20,21). The summed E-state index contributed by atoms with van der Waals surface area (Å²) >= 11 is 0. The molecule has 2 atom stereocenters. The largest absolute Gasteiger partial charge is 0.403 e. The predicted molar refractivity (Wildman–Crippen MR) is 88.2 cm³/mol. The second-order valence-corrected chi connectivity index (χ2v) is 6.42. The highest BCUT2D eigenvalue weighted by molar-refractivity contribution is 5.80. The van der Waals surface area contributed by atoms with Crippen molar-refractivity contribution in [1.29, 1.82) is 0 Å². The van der Waals surface area contributed by atoms with Crippen molar-refractivity contribution in [3.8, 4) is 0 Å². The van der Waals surface area contributed by atoms with Crippen LogP contribution in [0, 0.1) is 0 Å². The molecular weight excluding hydrogens is 321 g/mol. The van der Waals surface area contributed by atoms with Crippen molar-refractivity contribution in [1.82, 2.24) is 15.1 Å². The monoisotopic (exact) mass is 350 g/mol. The smallest absolute Gasteiger partial charge is 0.376 e. The number of alkyl halides is 3. The maximum absolute atomic E-state index is 12.8. The van der Waals surface area contributed by atoms with Crippen molar-refractivity contribution >= 4 is 5.96 Å². The molecule has 0 aromatic carbocycles. The van der Waals surface area contributed by atoms with Gasteiger partial charge in [-0.15, -0.1) is 0 Å². The van der Waals surface area contributed by atoms with Crippen molar-refractivity contribution in [3.05, 3.63) is 0 Å². The van der Waals surface area contributed by atoms with Crippen LogP contribution in [0.5, 0.6) is 0 Å². The topological polar surface area (TPSA) is 40.1 Å². The molecule has 0 amide bonds. The molecule has 0 saturated carbocycles. The van der Waals surface area contributed by atoms with E-state index in [0.717, 1.165) is 32.0 Å². The van der Waals surface area contributed by atoms with E-state index in [1.165, 1.54) is 18.2 Å². The lowest BCUT2D eigenvalue weighted by Crippen LogP contribution is -2.56. The number of nitrogens with zero attached hydrogens (tertiary/aromatic N) is 3. The molecule has 0 spiro atoms. The molecule has 8 heteroatoms. The molecule has 24 heavy (non-hydrogen) atoms. The van der Waals surface area contributed by atoms with Gasteiger partial charge in [0.2, 0.25) is 0 Å². The van der Waals surface area contributed by atoms with Gasteiger partial charge in [-0.05, 0) is 33.1 Å². The number of rotatable bonds is 4. The molecule has 0 bridgehead atoms. The molecule has 2 unspecified atom stereocenters. The molecular formula is C16H29F3N4O. The van der Waals surface area contributed by atoms with Crippen LogP contribution in [0.3, 0.4) is 0 Å². The quantitative estimate of drug-likeness (QED) is 0.623. The molecule has 1 N–H and O–H groups in total. The van der Waals surface area contributed by atoms with E-state index in [-0.39, 0.29) is 6.10 Å². The number of aliphatic imine (C=N–C) groups is 1. The van der Waals surface area contributed by atoms with E-state index in [1.807, 2.05) is 11.8 Å². The van der Waals surface area contributed by atoms with Gasteiger partial charge in [0, 0.05) is 39.3 Å². The third kappa shape index (κ3) is 5.51. The van der Waals surface area contributed by atoms with E-state index in [4.69, 9.17) is 4.74 Å². The SMILES string of the molecule is CCNC(=NCC1CCCCO1)N1CCN(C(C)C(F)(F)F)CC1. The first-order valence-corrected chi connectivity index (χ1v) is 8.87. The van der Waals surface area contributed by atoms with E-state index in [0.29, 0.717) is 32.7 Å². The Bertz CT molecular complexity index is 403. The first-order valence-electron chi connectivity index (χ1n) is 8.87. The number of hydrogen-bond acceptors (Lipinski definition) is 3. The lowest BCUT2D eigenvalue weighted by atomic mass is 10.1. The molecule has 2 heterocycles. The van der Waals surface area contributed by atoms with Crippen LogP contribution in [-0.4, -0.2) is 80.0 Å². The molecule has 2 aliphatic rings. The Morgan fingerprint density at radius 3 is 2.50 bits per heavy atom. The molecule has 2 saturated heterocycles. The average Bonchev–Trinajstić information content (AvgIpc) is 2.58. The summed E-state index contributed by atoms with van der Waals surface area (Å²) in [4.78, 5) is 8.18. The van der Waals surface area contributed by atoms with Crippen LogP contribution in [-0.2, 0) is 4.74 Å². The van der Waals surface area contributed by atoms with Gasteiger partial charge >= 0.3 is 6.18 Å². The Labute approximate surface area is 142 Å². The van der Waals surface area contributed by atoms with E-state index < -0.39 is 12.2 Å². The fraction of sp³-hybridized carbons (Fsp3) is 0.938. The Balaban J connectivity index is 1.88. The van der Waals surface area contributed by atoms with Crippen LogP contribution >= 0.6 is 0 Å². The van der Waals surface area contributed by atoms with Gasteiger partial charge in [-0.2, -0.15) is 13.2 Å². The average molecular weight is 350 g/mol. The Morgan fingerprint density at radius 1 is 1.25 bits per heavy atom. The van der Waals surface area contributed by atoms with Crippen molar-refractivity contribution in [3.63, 3.8) is 0 Å². The summed E-state index contributed by atoms with van der Waals surface area (Å²) in [5.74, 6) is 0.783. The summed E-state index contributed by atoms with van der Waals surface area (Å²) < 4.78 is 44.2. The maximum Gasteiger partial charge on any atom is 0.403 e. The Kier molecular flexibility index (Phi) is 7.16. The summed E-state index contributed by atoms with van der Waals surface area (Å²) in [6, 6.07) is -1.39. The summed E-state index contributed by atoms with van der Waals surface area (Å²) in [7, 11) is 0. The van der Waals surface area contributed by atoms with Crippen molar-refractivity contribution < 1.29 is 17.9 Å². The van der Waals surface area contributed by atoms with Gasteiger partial charge in [-0.25, -0.2) is 0 Å². The Morgan fingerprint density at radius 2 is 1.96 bits per heavy atom. The number of guanidine groups is 1. The van der Waals surface area contributed by atoms with Gasteiger partial charge in [-0.3, -0.25) is 9.89 Å². The fourth-order valence-electron chi connectivity index (χ4n) is 3.09. The van der Waals surface area contributed by atoms with E-state index >= 15 is 0 Å². The summed E-state index contributed by atoms with van der Waals surface area (Å²) in [6.07, 6.45) is -0.692. The molecule has 2 fully saturated rings. The molecule has 0 aliphatic carbocycles. The van der Waals surface area contributed by atoms with E-state index in [9.17, 15) is 13.2 Å². The first kappa shape index (κ1) is 19.3. The predicted octanol–water partition coefficient (Wildman–Crippen LogP) is 2.09. The third-order valence-electron chi connectivity index (χ3n) is 4.69. The van der Waals surface area contributed by atoms with Gasteiger partial charge in [0.15, 0.2) is 5.96 Å². The molecule has 0 radical (unpaired) electrons. The minimum absolute atomic E-state index is 0.166. The highest BCUT2D eigenvalue weighted by Gasteiger charge is 2.41. The molecule has 0 aromatic rings. The Hall–Kier alpha value is -1.02. The van der Waals surface area contributed by atoms with Crippen LogP contribution < -0.4 is 5.32 Å². The number of nitrogens with one attached hydrogen (secondary N) is 1. The maximum atomic E-state index is 12.8. The highest BCUT2D eigenvalue weighted by Crippen LogP contribution is 2.25. The highest BCUT2D eigenvalue weighted by atomic mass is 19.4. The lowest BCUT2D eigenvalue weighted by Gasteiger charge is -2.39. The molecule has 5 nitrogen and oxygen atoms in total. The van der Waals surface area contributed by atoms with Crippen LogP contribution in [0.25, 0.3) is 0 Å². The zero-order valence-electron chi connectivity index (χ0n) is 14.6. The normalized spacial score (nSPS) is 25.6. The van der Waals surface area contributed by atoms with Crippen molar-refractivity contribution in [2.75, 3.05) is 45.9 Å². The first-order chi connectivity index (χ1) is 11.4. The van der Waals surface area contributed by atoms with Crippen LogP contribution in [0.1, 0.15) is 33.1 Å². The van der Waals surface area contributed by atoms with Crippen LogP contribution in [0.15, 0.2) is 4.99 Å². The van der Waals surface area contributed by atoms with Gasteiger partial charge < -0.3 is 15.0 Å². The summed E-state index contributed by atoms with van der Waals surface area (Å²) in [5.41, 5.74) is 0. The van der Waals surface area contributed by atoms with Gasteiger partial charge in [0.05, 0.1) is 12.6 Å². The number of ether oxygens (including phenoxy) is 1.